The van der Waals surface area contributed by atoms with E-state index in [0.717, 1.165) is 17.0 Å². The maximum Gasteiger partial charge on any atom is 0.258 e. The van der Waals surface area contributed by atoms with Crippen molar-refractivity contribution < 1.29 is 9.21 Å². The smallest absolute Gasteiger partial charge is 0.258 e. The molecule has 0 bridgehead atoms. The van der Waals surface area contributed by atoms with E-state index in [-0.39, 0.29) is 5.91 Å². The molecule has 0 aliphatic heterocycles. The molecule has 26 heavy (non-hydrogen) atoms. The van der Waals surface area contributed by atoms with Gasteiger partial charge in [0.1, 0.15) is 11.5 Å². The van der Waals surface area contributed by atoms with Gasteiger partial charge in [0.2, 0.25) is 0 Å². The summed E-state index contributed by atoms with van der Waals surface area (Å²) in [5.74, 6) is 1.29. The van der Waals surface area contributed by atoms with Crippen molar-refractivity contribution in [3.8, 4) is 17.1 Å². The van der Waals surface area contributed by atoms with Crippen LogP contribution < -0.4 is 0 Å². The maximum absolute atomic E-state index is 13.1. The average Bonchev–Trinajstić information content (AvgIpc) is 3.26. The monoisotopic (exact) mass is 349 g/mol. The van der Waals surface area contributed by atoms with Crippen molar-refractivity contribution in [1.29, 1.82) is 0 Å². The molecule has 134 valence electrons. The molecule has 0 saturated heterocycles. The van der Waals surface area contributed by atoms with Gasteiger partial charge in [-0.25, -0.2) is 4.68 Å². The summed E-state index contributed by atoms with van der Waals surface area (Å²) in [7, 11) is 0. The van der Waals surface area contributed by atoms with Crippen LogP contribution in [0, 0.1) is 6.92 Å². The van der Waals surface area contributed by atoms with E-state index in [9.17, 15) is 4.79 Å². The third-order valence-corrected chi connectivity index (χ3v) is 4.07. The second-order valence-electron chi connectivity index (χ2n) is 6.36. The fourth-order valence-electron chi connectivity index (χ4n) is 2.81. The molecule has 0 fully saturated rings. The van der Waals surface area contributed by atoms with E-state index in [2.05, 4.69) is 11.7 Å². The Morgan fingerprint density at radius 1 is 1.23 bits per heavy atom. The molecule has 3 aromatic rings. The van der Waals surface area contributed by atoms with Crippen molar-refractivity contribution in [2.45, 2.75) is 20.8 Å². The van der Waals surface area contributed by atoms with Gasteiger partial charge in [0.15, 0.2) is 5.76 Å². The minimum Gasteiger partial charge on any atom is -0.460 e. The van der Waals surface area contributed by atoms with Gasteiger partial charge in [-0.05, 0) is 45.0 Å². The zero-order chi connectivity index (χ0) is 18.7. The summed E-state index contributed by atoms with van der Waals surface area (Å²) >= 11 is 0. The summed E-state index contributed by atoms with van der Waals surface area (Å²) in [6.45, 7) is 10.8. The Morgan fingerprint density at radius 2 is 1.96 bits per heavy atom. The summed E-state index contributed by atoms with van der Waals surface area (Å²) in [5.41, 5.74) is 2.89. The third-order valence-electron chi connectivity index (χ3n) is 4.07. The van der Waals surface area contributed by atoms with Crippen LogP contribution in [0.5, 0.6) is 0 Å². The highest BCUT2D eigenvalue weighted by molar-refractivity contribution is 5.99. The molecule has 0 radical (unpaired) electrons. The number of furan rings is 1. The molecule has 2 heterocycles. The van der Waals surface area contributed by atoms with Crippen molar-refractivity contribution in [3.05, 3.63) is 72.1 Å². The van der Waals surface area contributed by atoms with Gasteiger partial charge in [-0.15, -0.1) is 0 Å². The van der Waals surface area contributed by atoms with Crippen LogP contribution in [0.1, 0.15) is 30.0 Å². The Balaban J connectivity index is 2.08. The van der Waals surface area contributed by atoms with Crippen LogP contribution in [0.15, 0.2) is 65.2 Å². The molecule has 0 aliphatic rings. The van der Waals surface area contributed by atoms with Crippen molar-refractivity contribution in [1.82, 2.24) is 14.7 Å². The van der Waals surface area contributed by atoms with Crippen LogP contribution in [0.3, 0.4) is 0 Å². The molecule has 5 heteroatoms. The first-order chi connectivity index (χ1) is 12.5. The number of benzene rings is 1. The third kappa shape index (κ3) is 3.61. The largest absolute Gasteiger partial charge is 0.460 e. The number of hydrogen-bond acceptors (Lipinski definition) is 3. The van der Waals surface area contributed by atoms with Crippen LogP contribution in [0.25, 0.3) is 17.1 Å². The molecule has 5 nitrogen and oxygen atoms in total. The number of likely N-dealkylation sites (N-methyl/N-ethyl adjacent to an activating group) is 1. The Hall–Kier alpha value is -3.08. The molecule has 0 atom stereocenters. The first-order valence-electron chi connectivity index (χ1n) is 8.65. The van der Waals surface area contributed by atoms with Gasteiger partial charge < -0.3 is 9.32 Å². The molecule has 0 aliphatic carbocycles. The lowest BCUT2D eigenvalue weighted by Gasteiger charge is -2.20. The van der Waals surface area contributed by atoms with Crippen molar-refractivity contribution in [2.24, 2.45) is 0 Å². The Morgan fingerprint density at radius 3 is 2.54 bits per heavy atom. The number of aryl methyl sites for hydroxylation is 1. The number of rotatable bonds is 6. The van der Waals surface area contributed by atoms with Crippen molar-refractivity contribution in [2.75, 3.05) is 13.1 Å². The number of hydrogen-bond donors (Lipinski definition) is 0. The average molecular weight is 349 g/mol. The van der Waals surface area contributed by atoms with Crippen LogP contribution in [0.4, 0.5) is 0 Å². The van der Waals surface area contributed by atoms with E-state index in [1.54, 1.807) is 15.8 Å². The van der Waals surface area contributed by atoms with E-state index >= 15 is 0 Å². The fraction of sp³-hybridized carbons (Fsp3) is 0.238. The summed E-state index contributed by atoms with van der Waals surface area (Å²) in [5, 5.41) is 4.63. The minimum absolute atomic E-state index is 0.0817. The minimum atomic E-state index is -0.0817. The lowest BCUT2D eigenvalue weighted by molar-refractivity contribution is 0.0779. The van der Waals surface area contributed by atoms with Gasteiger partial charge in [0, 0.05) is 19.3 Å². The molecule has 1 aromatic carbocycles. The van der Waals surface area contributed by atoms with Crippen LogP contribution in [0.2, 0.25) is 0 Å². The molecular formula is C21H23N3O2. The summed E-state index contributed by atoms with van der Waals surface area (Å²) in [6.07, 6.45) is 1.77. The number of amides is 1. The van der Waals surface area contributed by atoms with Gasteiger partial charge >= 0.3 is 0 Å². The summed E-state index contributed by atoms with van der Waals surface area (Å²) in [4.78, 5) is 14.9. The normalized spacial score (nSPS) is 10.7. The Labute approximate surface area is 153 Å². The summed E-state index contributed by atoms with van der Waals surface area (Å²) < 4.78 is 7.46. The maximum atomic E-state index is 13.1. The van der Waals surface area contributed by atoms with E-state index in [1.807, 2.05) is 63.2 Å². The fourth-order valence-corrected chi connectivity index (χ4v) is 2.81. The highest BCUT2D eigenvalue weighted by Gasteiger charge is 2.24. The van der Waals surface area contributed by atoms with Crippen molar-refractivity contribution >= 4 is 5.91 Å². The molecule has 1 amide bonds. The number of carbonyl (C=O) groups is 1. The lowest BCUT2D eigenvalue weighted by atomic mass is 10.1. The number of nitrogens with zero attached hydrogens (tertiary/aromatic N) is 3. The Bertz CT molecular complexity index is 922. The topological polar surface area (TPSA) is 51.3 Å². The number of carbonyl (C=O) groups excluding carboxylic acids is 1. The first kappa shape index (κ1) is 17.7. The molecule has 0 spiro atoms. The quantitative estimate of drug-likeness (QED) is 0.617. The van der Waals surface area contributed by atoms with E-state index in [4.69, 9.17) is 4.42 Å². The molecule has 0 saturated carbocycles. The van der Waals surface area contributed by atoms with Gasteiger partial charge in [-0.2, -0.15) is 5.10 Å². The number of aromatic nitrogens is 2. The van der Waals surface area contributed by atoms with Gasteiger partial charge in [0.05, 0.1) is 11.3 Å². The molecular weight excluding hydrogens is 326 g/mol. The van der Waals surface area contributed by atoms with Gasteiger partial charge in [-0.1, -0.05) is 30.4 Å². The van der Waals surface area contributed by atoms with Gasteiger partial charge in [-0.3, -0.25) is 4.79 Å². The van der Waals surface area contributed by atoms with Crippen molar-refractivity contribution in [3.63, 3.8) is 0 Å². The summed E-state index contributed by atoms with van der Waals surface area (Å²) in [6, 6.07) is 13.4. The second-order valence-corrected chi connectivity index (χ2v) is 6.36. The highest BCUT2D eigenvalue weighted by atomic mass is 16.3. The standard InChI is InChI=1S/C21H23N3O2/c1-5-23(13-15(2)3)21(25)18-14-24(17-9-7-6-8-10-17)22-20(18)19-12-11-16(4)26-19/h6-12,14H,2,5,13H2,1,3-4H3. The van der Waals surface area contributed by atoms with E-state index in [0.29, 0.717) is 30.1 Å². The molecule has 0 unspecified atom stereocenters. The van der Waals surface area contributed by atoms with E-state index < -0.39 is 0 Å². The Kier molecular flexibility index (Phi) is 5.07. The SMILES string of the molecule is C=C(C)CN(CC)C(=O)c1cn(-c2ccccc2)nc1-c1ccc(C)o1. The predicted octanol–water partition coefficient (Wildman–Crippen LogP) is 4.48. The zero-order valence-corrected chi connectivity index (χ0v) is 15.4. The van der Waals surface area contributed by atoms with Gasteiger partial charge in [0.25, 0.3) is 5.91 Å². The van der Waals surface area contributed by atoms with Crippen LogP contribution in [-0.2, 0) is 0 Å². The van der Waals surface area contributed by atoms with E-state index in [1.165, 1.54) is 0 Å². The number of para-hydroxylation sites is 1. The zero-order valence-electron chi connectivity index (χ0n) is 15.4. The lowest BCUT2D eigenvalue weighted by Crippen LogP contribution is -2.32. The van der Waals surface area contributed by atoms with Crippen LogP contribution in [-0.4, -0.2) is 33.7 Å². The first-order valence-corrected chi connectivity index (χ1v) is 8.65. The highest BCUT2D eigenvalue weighted by Crippen LogP contribution is 2.27. The molecule has 0 N–H and O–H groups in total. The second kappa shape index (κ2) is 7.44. The molecule has 2 aromatic heterocycles. The molecule has 3 rings (SSSR count). The van der Waals surface area contributed by atoms with Crippen LogP contribution >= 0.6 is 0 Å². The predicted molar refractivity (Wildman–Crippen MR) is 102 cm³/mol.